The van der Waals surface area contributed by atoms with E-state index in [1.807, 2.05) is 0 Å². The van der Waals surface area contributed by atoms with Gasteiger partial charge in [0.25, 0.3) is 15.6 Å². The normalized spacial score (nSPS) is 11.3. The van der Waals surface area contributed by atoms with E-state index >= 15 is 0 Å². The molecule has 0 aliphatic carbocycles. The van der Waals surface area contributed by atoms with Crippen LogP contribution in [-0.2, 0) is 10.0 Å². The molecule has 19 heavy (non-hydrogen) atoms. The lowest BCUT2D eigenvalue weighted by atomic mass is 10.2. The molecular formula is C11H10FN3O3S. The molecule has 1 aromatic carbocycles. The highest BCUT2D eigenvalue weighted by molar-refractivity contribution is 7.92. The molecule has 2 N–H and O–H groups in total. The Morgan fingerprint density at radius 3 is 2.63 bits per heavy atom. The summed E-state index contributed by atoms with van der Waals surface area (Å²) in [5, 5.41) is 5.56. The zero-order valence-corrected chi connectivity index (χ0v) is 10.7. The smallest absolute Gasteiger partial charge is 0.266 e. The van der Waals surface area contributed by atoms with Crippen molar-refractivity contribution in [3.05, 3.63) is 52.1 Å². The third-order valence-electron chi connectivity index (χ3n) is 2.29. The number of rotatable bonds is 3. The van der Waals surface area contributed by atoms with Crippen LogP contribution in [0, 0.1) is 12.7 Å². The zero-order valence-electron chi connectivity index (χ0n) is 9.84. The van der Waals surface area contributed by atoms with Crippen molar-refractivity contribution in [1.29, 1.82) is 0 Å². The van der Waals surface area contributed by atoms with Crippen LogP contribution in [0.5, 0.6) is 0 Å². The van der Waals surface area contributed by atoms with Crippen molar-refractivity contribution in [3.63, 3.8) is 0 Å². The van der Waals surface area contributed by atoms with E-state index in [1.165, 1.54) is 18.2 Å². The minimum atomic E-state index is -4.09. The number of H-pyrrole nitrogens is 1. The van der Waals surface area contributed by atoms with Crippen LogP contribution in [0.15, 0.2) is 40.0 Å². The molecule has 0 radical (unpaired) electrons. The summed E-state index contributed by atoms with van der Waals surface area (Å²) in [5.74, 6) is -0.956. The molecule has 2 aromatic rings. The highest BCUT2D eigenvalue weighted by atomic mass is 32.2. The summed E-state index contributed by atoms with van der Waals surface area (Å²) < 4.78 is 39.6. The van der Waals surface area contributed by atoms with E-state index in [4.69, 9.17) is 0 Å². The van der Waals surface area contributed by atoms with Crippen LogP contribution in [0.2, 0.25) is 0 Å². The highest BCUT2D eigenvalue weighted by Gasteiger charge is 2.19. The van der Waals surface area contributed by atoms with E-state index in [-0.39, 0.29) is 5.82 Å². The largest absolute Gasteiger partial charge is 0.268 e. The van der Waals surface area contributed by atoms with Crippen molar-refractivity contribution >= 4 is 15.8 Å². The van der Waals surface area contributed by atoms with Gasteiger partial charge in [0.2, 0.25) is 0 Å². The molecule has 0 amide bonds. The molecule has 0 saturated heterocycles. The van der Waals surface area contributed by atoms with E-state index in [9.17, 15) is 17.6 Å². The van der Waals surface area contributed by atoms with E-state index in [2.05, 4.69) is 14.9 Å². The monoisotopic (exact) mass is 283 g/mol. The van der Waals surface area contributed by atoms with Gasteiger partial charge in [-0.3, -0.25) is 9.52 Å². The van der Waals surface area contributed by atoms with Gasteiger partial charge in [-0.25, -0.2) is 17.9 Å². The lowest BCUT2D eigenvalue weighted by Gasteiger charge is -2.08. The predicted molar refractivity (Wildman–Crippen MR) is 66.8 cm³/mol. The van der Waals surface area contributed by atoms with Crippen LogP contribution in [0.1, 0.15) is 5.56 Å². The molecule has 0 fully saturated rings. The molecule has 0 aliphatic heterocycles. The summed E-state index contributed by atoms with van der Waals surface area (Å²) in [4.78, 5) is 10.3. The fourth-order valence-corrected chi connectivity index (χ4v) is 2.58. The first-order valence-corrected chi connectivity index (χ1v) is 6.71. The van der Waals surface area contributed by atoms with Crippen LogP contribution < -0.4 is 10.3 Å². The van der Waals surface area contributed by atoms with Crippen molar-refractivity contribution in [2.75, 3.05) is 4.72 Å². The number of hydrogen-bond acceptors (Lipinski definition) is 4. The van der Waals surface area contributed by atoms with Gasteiger partial charge in [-0.15, -0.1) is 0 Å². The summed E-state index contributed by atoms with van der Waals surface area (Å²) in [6.45, 7) is 1.65. The first-order chi connectivity index (χ1) is 8.88. The van der Waals surface area contributed by atoms with E-state index in [0.29, 0.717) is 5.56 Å². The average molecular weight is 283 g/mol. The van der Waals surface area contributed by atoms with Gasteiger partial charge in [0.05, 0.1) is 0 Å². The molecule has 0 bridgehead atoms. The third kappa shape index (κ3) is 2.97. The fraction of sp³-hybridized carbons (Fsp3) is 0.0909. The molecule has 0 aliphatic rings. The van der Waals surface area contributed by atoms with Crippen molar-refractivity contribution < 1.29 is 12.8 Å². The average Bonchev–Trinajstić information content (AvgIpc) is 2.35. The second-order valence-corrected chi connectivity index (χ2v) is 5.50. The van der Waals surface area contributed by atoms with Gasteiger partial charge in [0.15, 0.2) is 5.82 Å². The Balaban J connectivity index is 2.40. The second-order valence-electron chi connectivity index (χ2n) is 3.85. The molecule has 2 rings (SSSR count). The summed E-state index contributed by atoms with van der Waals surface area (Å²) in [6, 6.07) is 6.04. The Kier molecular flexibility index (Phi) is 3.34. The van der Waals surface area contributed by atoms with E-state index < -0.39 is 26.3 Å². The summed E-state index contributed by atoms with van der Waals surface area (Å²) >= 11 is 0. The molecule has 0 saturated carbocycles. The summed E-state index contributed by atoms with van der Waals surface area (Å²) in [5.41, 5.74) is 0.140. The van der Waals surface area contributed by atoms with Crippen LogP contribution in [-0.4, -0.2) is 18.6 Å². The number of aromatic amines is 1. The predicted octanol–water partition coefficient (Wildman–Crippen LogP) is 1.02. The first-order valence-electron chi connectivity index (χ1n) is 5.23. The van der Waals surface area contributed by atoms with Gasteiger partial charge >= 0.3 is 0 Å². The summed E-state index contributed by atoms with van der Waals surface area (Å²) in [6.07, 6.45) is 0. The van der Waals surface area contributed by atoms with Crippen LogP contribution in [0.4, 0.5) is 10.2 Å². The molecular weight excluding hydrogens is 273 g/mol. The van der Waals surface area contributed by atoms with Gasteiger partial charge in [-0.05, 0) is 30.7 Å². The van der Waals surface area contributed by atoms with E-state index in [1.54, 1.807) is 6.92 Å². The third-order valence-corrected chi connectivity index (χ3v) is 3.66. The van der Waals surface area contributed by atoms with Crippen molar-refractivity contribution in [1.82, 2.24) is 10.2 Å². The van der Waals surface area contributed by atoms with Crippen molar-refractivity contribution in [3.8, 4) is 0 Å². The van der Waals surface area contributed by atoms with Gasteiger partial charge in [-0.1, -0.05) is 6.07 Å². The van der Waals surface area contributed by atoms with Crippen molar-refractivity contribution in [2.24, 2.45) is 0 Å². The number of benzene rings is 1. The molecule has 1 aromatic heterocycles. The first kappa shape index (κ1) is 13.2. The Morgan fingerprint density at radius 1 is 1.26 bits per heavy atom. The number of halogens is 1. The Hall–Kier alpha value is -2.22. The molecule has 100 valence electrons. The van der Waals surface area contributed by atoms with Crippen LogP contribution in [0.25, 0.3) is 0 Å². The van der Waals surface area contributed by atoms with Crippen LogP contribution >= 0.6 is 0 Å². The van der Waals surface area contributed by atoms with Gasteiger partial charge in [-0.2, -0.15) is 5.10 Å². The standard InChI is InChI=1S/C11H10FN3O3S/c1-7-2-3-8(12)9(6-7)19(17,18)15-10-4-5-11(16)14-13-10/h2-6H,1H3,(H,13,15)(H,14,16). The number of nitrogens with one attached hydrogen (secondary N) is 2. The second kappa shape index (κ2) is 4.81. The zero-order chi connectivity index (χ0) is 14.0. The maximum Gasteiger partial charge on any atom is 0.266 e. The topological polar surface area (TPSA) is 91.9 Å². The highest BCUT2D eigenvalue weighted by Crippen LogP contribution is 2.18. The molecule has 0 spiro atoms. The maximum absolute atomic E-state index is 13.5. The molecule has 8 heteroatoms. The molecule has 0 unspecified atom stereocenters. The Bertz CT molecular complexity index is 751. The van der Waals surface area contributed by atoms with Crippen LogP contribution in [0.3, 0.4) is 0 Å². The van der Waals surface area contributed by atoms with Gasteiger partial charge < -0.3 is 0 Å². The quantitative estimate of drug-likeness (QED) is 0.879. The number of sulfonamides is 1. The molecule has 0 atom stereocenters. The number of hydrogen-bond donors (Lipinski definition) is 2. The minimum absolute atomic E-state index is 0.0968. The Morgan fingerprint density at radius 2 is 2.00 bits per heavy atom. The number of nitrogens with zero attached hydrogens (tertiary/aromatic N) is 1. The Labute approximate surface area is 108 Å². The lowest BCUT2D eigenvalue weighted by Crippen LogP contribution is -2.17. The molecule has 1 heterocycles. The SMILES string of the molecule is Cc1ccc(F)c(S(=O)(=O)Nc2ccc(=O)[nH]n2)c1. The van der Waals surface area contributed by atoms with Crippen molar-refractivity contribution in [2.45, 2.75) is 11.8 Å². The number of aryl methyl sites for hydroxylation is 1. The maximum atomic E-state index is 13.5. The number of aromatic nitrogens is 2. The van der Waals surface area contributed by atoms with Gasteiger partial charge in [0.1, 0.15) is 10.7 Å². The van der Waals surface area contributed by atoms with E-state index in [0.717, 1.165) is 12.1 Å². The van der Waals surface area contributed by atoms with Gasteiger partial charge in [0, 0.05) is 6.07 Å². The number of anilines is 1. The molecule has 6 nitrogen and oxygen atoms in total. The fourth-order valence-electron chi connectivity index (χ4n) is 1.41. The summed E-state index contributed by atoms with van der Waals surface area (Å²) in [7, 11) is -4.09. The lowest BCUT2D eigenvalue weighted by molar-refractivity contribution is 0.569. The minimum Gasteiger partial charge on any atom is -0.268 e.